The lowest BCUT2D eigenvalue weighted by atomic mass is 9.42. The molecule has 5 aliphatic heterocycles. The number of fused-ring (bicyclic) bond motifs is 7. The van der Waals surface area contributed by atoms with Crippen LogP contribution in [0.5, 0.6) is 0 Å². The molecule has 15 N–H and O–H groups in total. The van der Waals surface area contributed by atoms with Crippen molar-refractivity contribution < 1.29 is 124 Å². The van der Waals surface area contributed by atoms with Crippen molar-refractivity contribution in [1.82, 2.24) is 0 Å². The highest BCUT2D eigenvalue weighted by atomic mass is 16.8. The first-order chi connectivity index (χ1) is 36.4. The van der Waals surface area contributed by atoms with E-state index in [1.807, 2.05) is 6.92 Å². The van der Waals surface area contributed by atoms with E-state index in [-0.39, 0.29) is 72.6 Å². The van der Waals surface area contributed by atoms with Crippen molar-refractivity contribution >= 4 is 5.78 Å². The van der Waals surface area contributed by atoms with Crippen molar-refractivity contribution in [2.45, 2.75) is 232 Å². The summed E-state index contributed by atoms with van der Waals surface area (Å²) in [5, 5.41) is 164. The van der Waals surface area contributed by atoms with E-state index in [2.05, 4.69) is 20.8 Å². The Labute approximate surface area is 445 Å². The first-order valence-corrected chi connectivity index (χ1v) is 27.8. The van der Waals surface area contributed by atoms with E-state index in [1.165, 1.54) is 0 Å². The van der Waals surface area contributed by atoms with Crippen LogP contribution in [0.2, 0.25) is 0 Å². The zero-order valence-electron chi connectivity index (χ0n) is 43.9. The largest absolute Gasteiger partial charge is 0.396 e. The topological polar surface area (TPSA) is 404 Å². The average molecular weight is 1110 g/mol. The summed E-state index contributed by atoms with van der Waals surface area (Å²) in [6.07, 6.45) is -32.8. The van der Waals surface area contributed by atoms with Gasteiger partial charge in [0.15, 0.2) is 30.4 Å². The van der Waals surface area contributed by atoms with E-state index in [0.717, 1.165) is 32.1 Å². The van der Waals surface area contributed by atoms with E-state index < -0.39 is 178 Å². The number of aliphatic hydroxyl groups is 15. The summed E-state index contributed by atoms with van der Waals surface area (Å²) in [6.45, 7) is 6.02. The van der Waals surface area contributed by atoms with Crippen molar-refractivity contribution in [3.05, 3.63) is 0 Å². The zero-order chi connectivity index (χ0) is 55.6. The lowest BCUT2D eigenvalue weighted by molar-refractivity contribution is -0.378. The molecule has 0 amide bonds. The highest BCUT2D eigenvalue weighted by molar-refractivity contribution is 5.89. The van der Waals surface area contributed by atoms with E-state index in [9.17, 15) is 81.4 Å². The normalized spacial score (nSPS) is 57.8. The Kier molecular flexibility index (Phi) is 16.9. The van der Waals surface area contributed by atoms with Crippen LogP contribution >= 0.6 is 0 Å². The van der Waals surface area contributed by atoms with Crippen LogP contribution in [0.25, 0.3) is 0 Å². The molecule has 5 heterocycles. The maximum Gasteiger partial charge on any atom is 0.187 e. The molecule has 25 heteroatoms. The minimum atomic E-state index is -2.02. The first kappa shape index (κ1) is 58.9. The van der Waals surface area contributed by atoms with Crippen molar-refractivity contribution in [3.8, 4) is 0 Å². The van der Waals surface area contributed by atoms with E-state index >= 15 is 0 Å². The predicted molar refractivity (Wildman–Crippen MR) is 255 cm³/mol. The number of carbonyl (C=O) groups excluding carboxylic acids is 1. The zero-order valence-corrected chi connectivity index (χ0v) is 43.9. The van der Waals surface area contributed by atoms with Gasteiger partial charge in [-0.3, -0.25) is 4.79 Å². The Morgan fingerprint density at radius 3 is 1.96 bits per heavy atom. The van der Waals surface area contributed by atoms with Crippen molar-refractivity contribution in [1.29, 1.82) is 0 Å². The van der Waals surface area contributed by atoms with Gasteiger partial charge < -0.3 is 119 Å². The van der Waals surface area contributed by atoms with Crippen LogP contribution in [-0.2, 0) is 47.4 Å². The van der Waals surface area contributed by atoms with Crippen LogP contribution in [-0.4, -0.2) is 262 Å². The summed E-state index contributed by atoms with van der Waals surface area (Å²) in [5.74, 6) is -1.19. The van der Waals surface area contributed by atoms with Gasteiger partial charge in [0.05, 0.1) is 56.9 Å². The Hall–Kier alpha value is -1.29. The highest BCUT2D eigenvalue weighted by Crippen LogP contribution is 2.71. The fraction of sp³-hybridized carbons (Fsp3) is 0.981. The van der Waals surface area contributed by atoms with Crippen LogP contribution in [0.4, 0.5) is 0 Å². The number of hydrogen-bond acceptors (Lipinski definition) is 25. The third-order valence-electron chi connectivity index (χ3n) is 20.9. The summed E-state index contributed by atoms with van der Waals surface area (Å²) in [7, 11) is 0. The van der Waals surface area contributed by atoms with Gasteiger partial charge in [-0.2, -0.15) is 0 Å². The Bertz CT molecular complexity index is 2050. The number of hydrogen-bond donors (Lipinski definition) is 15. The molecule has 10 fully saturated rings. The van der Waals surface area contributed by atoms with E-state index in [1.54, 1.807) is 0 Å². The number of rotatable bonds is 12. The third kappa shape index (κ3) is 9.71. The molecule has 5 aliphatic carbocycles. The number of aliphatic hydroxyl groups excluding tert-OH is 14. The minimum Gasteiger partial charge on any atom is -0.396 e. The van der Waals surface area contributed by atoms with E-state index in [0.29, 0.717) is 12.5 Å². The summed E-state index contributed by atoms with van der Waals surface area (Å²) in [4.78, 5) is 14.6. The number of carbonyl (C=O) groups is 1. The van der Waals surface area contributed by atoms with Gasteiger partial charge in [0, 0.05) is 43.1 Å². The number of Topliss-reactive ketones (excluding diaryl/α,β-unsaturated/α-hetero) is 1. The molecule has 5 saturated heterocycles. The van der Waals surface area contributed by atoms with Gasteiger partial charge in [-0.1, -0.05) is 27.7 Å². The van der Waals surface area contributed by atoms with Crippen LogP contribution in [0, 0.1) is 52.3 Å². The van der Waals surface area contributed by atoms with Crippen LogP contribution in [0.15, 0.2) is 0 Å². The SMILES string of the molecule is CC1CC[C@@]2(OC1)OC1CC3C4CC(=O)[C@@]5(O)CC(O[C@H]6CC(CO)[C@H](O[C@@H]7OC(CO)[C@@H](O)C(O[C@@H]8OC(CO)[C@@H](O)C(O)C8O)C7OCC7O[C@@H](O)C(O)C(O)[C@@H]7O)C(O)C6O)[C@H](O)C[C@]5(C)C4CC[C@]3(C)C1[C@@H]2C. The van der Waals surface area contributed by atoms with Crippen molar-refractivity contribution in [2.24, 2.45) is 52.3 Å². The van der Waals surface area contributed by atoms with Gasteiger partial charge in [0.1, 0.15) is 91.1 Å². The number of ketones is 1. The van der Waals surface area contributed by atoms with Gasteiger partial charge in [-0.25, -0.2) is 0 Å². The van der Waals surface area contributed by atoms with Gasteiger partial charge >= 0.3 is 0 Å². The number of ether oxygens (including phenoxy) is 9. The fourth-order valence-corrected chi connectivity index (χ4v) is 16.4. The lowest BCUT2D eigenvalue weighted by Gasteiger charge is -2.64. The lowest BCUT2D eigenvalue weighted by Crippen LogP contribution is -2.70. The summed E-state index contributed by atoms with van der Waals surface area (Å²) in [6, 6.07) is 0. The molecule has 442 valence electrons. The van der Waals surface area contributed by atoms with Gasteiger partial charge in [-0.15, -0.1) is 0 Å². The third-order valence-corrected chi connectivity index (χ3v) is 20.9. The predicted octanol–water partition coefficient (Wildman–Crippen LogP) is -4.98. The molecule has 0 bridgehead atoms. The monoisotopic (exact) mass is 1110 g/mol. The molecule has 0 aromatic heterocycles. The quantitative estimate of drug-likeness (QED) is 0.0870. The minimum absolute atomic E-state index is 0.00596. The fourth-order valence-electron chi connectivity index (χ4n) is 16.4. The molecule has 5 saturated carbocycles. The molecular formula is C52H84O25. The van der Waals surface area contributed by atoms with Crippen LogP contribution in [0.3, 0.4) is 0 Å². The highest BCUT2D eigenvalue weighted by Gasteiger charge is 2.73. The molecule has 33 atom stereocenters. The van der Waals surface area contributed by atoms with Gasteiger partial charge in [-0.05, 0) is 73.5 Å². The standard InChI is InChI=1S/C52H84O25/c1-19-5-8-52(70-17-19)20(2)33-26(77-52)11-24-22-10-32(57)51(68)13-28(25(56)12-50(51,4)23(22)6-7-49(24,33)3)71-27-9-21(14-53)43(40(64)34(27)58)75-48-45(69-18-31-36(60)38(62)41(65)46(67)72-31)44(37(61)30(16-55)74-48)76-47-42(66)39(63)35(59)29(15-54)73-47/h19-31,33-48,53-56,58-68H,5-18H2,1-4H3/t19?,20-,21?,22?,23?,24?,25+,26?,27-,28?,29?,30?,31?,33?,34?,35+,36+,37+,38?,39?,40?,41?,42?,43-,44?,45?,46+,47-,48-,49-,50+,51-,52+/m0/s1. The van der Waals surface area contributed by atoms with Crippen molar-refractivity contribution in [3.63, 3.8) is 0 Å². The molecular weight excluding hydrogens is 1020 g/mol. The van der Waals surface area contributed by atoms with Crippen molar-refractivity contribution in [2.75, 3.05) is 33.0 Å². The molecule has 10 rings (SSSR count). The molecule has 0 radical (unpaired) electrons. The molecule has 0 aromatic rings. The molecule has 19 unspecified atom stereocenters. The second-order valence-corrected chi connectivity index (χ2v) is 25.1. The first-order valence-electron chi connectivity index (χ1n) is 27.8. The summed E-state index contributed by atoms with van der Waals surface area (Å²) < 4.78 is 54.8. The van der Waals surface area contributed by atoms with Crippen LogP contribution in [0.1, 0.15) is 85.5 Å². The Morgan fingerprint density at radius 2 is 1.29 bits per heavy atom. The van der Waals surface area contributed by atoms with E-state index in [4.69, 9.17) is 42.6 Å². The molecule has 10 aliphatic rings. The molecule has 0 aromatic carbocycles. The maximum absolute atomic E-state index is 14.6. The Balaban J connectivity index is 0.843. The average Bonchev–Trinajstić information content (AvgIpc) is 3.87. The van der Waals surface area contributed by atoms with Crippen LogP contribution < -0.4 is 0 Å². The summed E-state index contributed by atoms with van der Waals surface area (Å²) >= 11 is 0. The molecule has 25 nitrogen and oxygen atoms in total. The molecule has 77 heavy (non-hydrogen) atoms. The smallest absolute Gasteiger partial charge is 0.187 e. The van der Waals surface area contributed by atoms with Gasteiger partial charge in [0.25, 0.3) is 0 Å². The second-order valence-electron chi connectivity index (χ2n) is 25.1. The van der Waals surface area contributed by atoms with Gasteiger partial charge in [0.2, 0.25) is 0 Å². The second kappa shape index (κ2) is 22.0. The Morgan fingerprint density at radius 1 is 0.623 bits per heavy atom. The maximum atomic E-state index is 14.6. The summed E-state index contributed by atoms with van der Waals surface area (Å²) in [5.41, 5.74) is -3.07. The molecule has 1 spiro atoms.